The van der Waals surface area contributed by atoms with Gasteiger partial charge in [0.25, 0.3) is 0 Å². The van der Waals surface area contributed by atoms with Gasteiger partial charge >= 0.3 is 0 Å². The highest BCUT2D eigenvalue weighted by molar-refractivity contribution is 5.79. The molecular formula is C14H27N3O. The Balaban J connectivity index is 1.78. The molecule has 2 fully saturated rings. The van der Waals surface area contributed by atoms with Crippen LogP contribution in [0.1, 0.15) is 46.0 Å². The molecule has 2 rings (SSSR count). The van der Waals surface area contributed by atoms with Gasteiger partial charge in [-0.15, -0.1) is 0 Å². The van der Waals surface area contributed by atoms with Gasteiger partial charge in [0.2, 0.25) is 5.91 Å². The van der Waals surface area contributed by atoms with Crippen molar-refractivity contribution in [2.24, 2.45) is 11.7 Å². The van der Waals surface area contributed by atoms with Gasteiger partial charge in [-0.05, 0) is 51.5 Å². The number of amides is 1. The topological polar surface area (TPSA) is 58.4 Å². The van der Waals surface area contributed by atoms with E-state index in [-0.39, 0.29) is 11.9 Å². The molecule has 0 radical (unpaired) electrons. The number of nitrogens with zero attached hydrogens (tertiary/aromatic N) is 1. The summed E-state index contributed by atoms with van der Waals surface area (Å²) in [7, 11) is 0. The second kappa shape index (κ2) is 6.02. The van der Waals surface area contributed by atoms with Crippen molar-refractivity contribution >= 4 is 5.91 Å². The van der Waals surface area contributed by atoms with Crippen LogP contribution in [-0.2, 0) is 4.79 Å². The summed E-state index contributed by atoms with van der Waals surface area (Å²) in [5, 5.41) is 3.35. The van der Waals surface area contributed by atoms with Crippen LogP contribution in [0.15, 0.2) is 0 Å². The number of primary amides is 1. The molecule has 3 atom stereocenters. The number of hydrogen-bond acceptors (Lipinski definition) is 3. The lowest BCUT2D eigenvalue weighted by atomic mass is 9.92. The summed E-state index contributed by atoms with van der Waals surface area (Å²) in [6, 6.07) is 1.04. The van der Waals surface area contributed by atoms with Crippen LogP contribution in [0.5, 0.6) is 0 Å². The van der Waals surface area contributed by atoms with Gasteiger partial charge < -0.3 is 16.0 Å². The Labute approximate surface area is 110 Å². The molecule has 0 aromatic rings. The van der Waals surface area contributed by atoms with Crippen LogP contribution in [0.2, 0.25) is 0 Å². The minimum Gasteiger partial charge on any atom is -0.368 e. The smallest absolute Gasteiger partial charge is 0.234 e. The third-order valence-corrected chi connectivity index (χ3v) is 4.57. The van der Waals surface area contributed by atoms with Crippen LogP contribution in [0.25, 0.3) is 0 Å². The van der Waals surface area contributed by atoms with E-state index in [1.807, 2.05) is 0 Å². The van der Waals surface area contributed by atoms with Gasteiger partial charge in [-0.2, -0.15) is 0 Å². The molecule has 104 valence electrons. The lowest BCUT2D eigenvalue weighted by Crippen LogP contribution is -2.48. The van der Waals surface area contributed by atoms with Crippen molar-refractivity contribution in [3.05, 3.63) is 0 Å². The third-order valence-electron chi connectivity index (χ3n) is 4.57. The van der Waals surface area contributed by atoms with Gasteiger partial charge in [0.05, 0.1) is 6.04 Å². The second-order valence-electron chi connectivity index (χ2n) is 6.08. The number of likely N-dealkylation sites (tertiary alicyclic amines) is 1. The monoisotopic (exact) mass is 253 g/mol. The summed E-state index contributed by atoms with van der Waals surface area (Å²) < 4.78 is 0. The predicted molar refractivity (Wildman–Crippen MR) is 73.2 cm³/mol. The first-order valence-corrected chi connectivity index (χ1v) is 7.37. The molecule has 3 unspecified atom stereocenters. The van der Waals surface area contributed by atoms with Crippen molar-refractivity contribution in [3.63, 3.8) is 0 Å². The van der Waals surface area contributed by atoms with Crippen LogP contribution < -0.4 is 11.1 Å². The molecule has 4 nitrogen and oxygen atoms in total. The van der Waals surface area contributed by atoms with Crippen molar-refractivity contribution in [1.29, 1.82) is 0 Å². The van der Waals surface area contributed by atoms with Gasteiger partial charge in [-0.25, -0.2) is 0 Å². The molecule has 1 aliphatic carbocycles. The highest BCUT2D eigenvalue weighted by Gasteiger charge is 2.29. The van der Waals surface area contributed by atoms with Crippen LogP contribution >= 0.6 is 0 Å². The number of nitrogens with two attached hydrogens (primary N) is 1. The molecule has 2 aliphatic rings. The quantitative estimate of drug-likeness (QED) is 0.745. The van der Waals surface area contributed by atoms with Crippen molar-refractivity contribution in [2.75, 3.05) is 13.1 Å². The highest BCUT2D eigenvalue weighted by Crippen LogP contribution is 2.24. The van der Waals surface area contributed by atoms with Crippen molar-refractivity contribution in [1.82, 2.24) is 10.2 Å². The van der Waals surface area contributed by atoms with E-state index >= 15 is 0 Å². The maximum absolute atomic E-state index is 11.4. The highest BCUT2D eigenvalue weighted by atomic mass is 16.1. The first kappa shape index (κ1) is 13.8. The van der Waals surface area contributed by atoms with E-state index in [2.05, 4.69) is 24.1 Å². The van der Waals surface area contributed by atoms with Crippen molar-refractivity contribution < 1.29 is 4.79 Å². The lowest BCUT2D eigenvalue weighted by Gasteiger charge is -2.38. The average molecular weight is 253 g/mol. The van der Waals surface area contributed by atoms with E-state index in [4.69, 9.17) is 5.73 Å². The van der Waals surface area contributed by atoms with Gasteiger partial charge in [0, 0.05) is 18.6 Å². The Morgan fingerprint density at radius 1 is 1.39 bits per heavy atom. The Kier molecular flexibility index (Phi) is 4.62. The summed E-state index contributed by atoms with van der Waals surface area (Å²) in [6.07, 6.45) is 5.85. The molecule has 18 heavy (non-hydrogen) atoms. The maximum Gasteiger partial charge on any atom is 0.234 e. The number of carbonyl (C=O) groups is 1. The van der Waals surface area contributed by atoms with Gasteiger partial charge in [-0.1, -0.05) is 6.92 Å². The molecule has 0 spiro atoms. The summed E-state index contributed by atoms with van der Waals surface area (Å²) in [4.78, 5) is 13.9. The Bertz CT molecular complexity index is 291. The molecule has 1 amide bonds. The minimum atomic E-state index is -0.195. The first-order chi connectivity index (χ1) is 8.58. The van der Waals surface area contributed by atoms with Crippen LogP contribution in [0.3, 0.4) is 0 Å². The molecule has 1 saturated carbocycles. The molecule has 0 aromatic heterocycles. The zero-order chi connectivity index (χ0) is 13.1. The minimum absolute atomic E-state index is 0.137. The Hall–Kier alpha value is -0.610. The normalized spacial score (nSPS) is 31.2. The van der Waals surface area contributed by atoms with E-state index in [0.29, 0.717) is 12.1 Å². The fourth-order valence-electron chi connectivity index (χ4n) is 2.87. The SMILES string of the molecule is CC1CCCN(CCC(NC2CC2)C(N)=O)C1C. The number of rotatable bonds is 6. The van der Waals surface area contributed by atoms with E-state index in [1.54, 1.807) is 0 Å². The molecule has 1 saturated heterocycles. The predicted octanol–water partition coefficient (Wildman–Crippen LogP) is 1.10. The van der Waals surface area contributed by atoms with E-state index in [1.165, 1.54) is 32.2 Å². The average Bonchev–Trinajstić information content (AvgIpc) is 3.13. The molecule has 1 heterocycles. The summed E-state index contributed by atoms with van der Waals surface area (Å²) in [5.74, 6) is 0.571. The molecule has 1 aliphatic heterocycles. The molecule has 0 aromatic carbocycles. The third kappa shape index (κ3) is 3.69. The fourth-order valence-corrected chi connectivity index (χ4v) is 2.87. The zero-order valence-electron chi connectivity index (χ0n) is 11.7. The van der Waals surface area contributed by atoms with Gasteiger partial charge in [0.15, 0.2) is 0 Å². The van der Waals surface area contributed by atoms with E-state index in [0.717, 1.165) is 18.9 Å². The van der Waals surface area contributed by atoms with Gasteiger partial charge in [0.1, 0.15) is 0 Å². The molecule has 3 N–H and O–H groups in total. The largest absolute Gasteiger partial charge is 0.368 e. The van der Waals surface area contributed by atoms with Crippen molar-refractivity contribution in [2.45, 2.75) is 64.1 Å². The van der Waals surface area contributed by atoms with Crippen LogP contribution in [0, 0.1) is 5.92 Å². The lowest BCUT2D eigenvalue weighted by molar-refractivity contribution is -0.120. The number of piperidine rings is 1. The van der Waals surface area contributed by atoms with Crippen LogP contribution in [0.4, 0.5) is 0 Å². The number of carbonyl (C=O) groups excluding carboxylic acids is 1. The Morgan fingerprint density at radius 3 is 2.72 bits per heavy atom. The molecule has 4 heteroatoms. The number of nitrogens with one attached hydrogen (secondary N) is 1. The maximum atomic E-state index is 11.4. The fraction of sp³-hybridized carbons (Fsp3) is 0.929. The van der Waals surface area contributed by atoms with E-state index in [9.17, 15) is 4.79 Å². The summed E-state index contributed by atoms with van der Waals surface area (Å²) in [6.45, 7) is 6.78. The van der Waals surface area contributed by atoms with Crippen LogP contribution in [-0.4, -0.2) is 42.0 Å². The zero-order valence-corrected chi connectivity index (χ0v) is 11.7. The Morgan fingerprint density at radius 2 is 2.11 bits per heavy atom. The van der Waals surface area contributed by atoms with Crippen molar-refractivity contribution in [3.8, 4) is 0 Å². The molecule has 0 bridgehead atoms. The summed E-state index contributed by atoms with van der Waals surface area (Å²) in [5.41, 5.74) is 5.47. The number of hydrogen-bond donors (Lipinski definition) is 2. The second-order valence-corrected chi connectivity index (χ2v) is 6.08. The van der Waals surface area contributed by atoms with E-state index < -0.39 is 0 Å². The molecular weight excluding hydrogens is 226 g/mol. The van der Waals surface area contributed by atoms with Gasteiger partial charge in [-0.3, -0.25) is 4.79 Å². The standard InChI is InChI=1S/C14H27N3O/c1-10-4-3-8-17(11(10)2)9-7-13(14(15)18)16-12-5-6-12/h10-13,16H,3-9H2,1-2H3,(H2,15,18). The first-order valence-electron chi connectivity index (χ1n) is 7.37. The summed E-state index contributed by atoms with van der Waals surface area (Å²) >= 11 is 0.